The molecule has 4 aliphatic carbocycles. The van der Waals surface area contributed by atoms with Crippen molar-refractivity contribution >= 4 is 5.97 Å². The molecule has 0 atom stereocenters. The number of carbonyl (C=O) groups is 1. The molecule has 0 radical (unpaired) electrons. The SMILES string of the molecule is O=C(CC12CC3CC(CC(C3)C1)C2)OCCN1CCCC1. The highest BCUT2D eigenvalue weighted by Crippen LogP contribution is 2.61. The zero-order valence-electron chi connectivity index (χ0n) is 13.2. The van der Waals surface area contributed by atoms with Crippen LogP contribution in [0.2, 0.25) is 0 Å². The van der Waals surface area contributed by atoms with Gasteiger partial charge in [0.2, 0.25) is 0 Å². The number of likely N-dealkylation sites (tertiary alicyclic amines) is 1. The highest BCUT2D eigenvalue weighted by molar-refractivity contribution is 5.70. The molecule has 0 aromatic heterocycles. The first kappa shape index (κ1) is 14.0. The molecule has 0 unspecified atom stereocenters. The minimum absolute atomic E-state index is 0.0798. The summed E-state index contributed by atoms with van der Waals surface area (Å²) in [5, 5.41) is 0. The maximum absolute atomic E-state index is 12.3. The number of carbonyl (C=O) groups excluding carboxylic acids is 1. The average molecular weight is 291 g/mol. The minimum Gasteiger partial charge on any atom is -0.464 e. The first-order valence-electron chi connectivity index (χ1n) is 9.09. The number of nitrogens with zero attached hydrogens (tertiary/aromatic N) is 1. The van der Waals surface area contributed by atoms with Crippen LogP contribution in [-0.4, -0.2) is 37.1 Å². The second kappa shape index (κ2) is 5.57. The van der Waals surface area contributed by atoms with E-state index in [0.717, 1.165) is 24.3 Å². The molecule has 21 heavy (non-hydrogen) atoms. The van der Waals surface area contributed by atoms with Gasteiger partial charge in [0.1, 0.15) is 6.61 Å². The summed E-state index contributed by atoms with van der Waals surface area (Å²) < 4.78 is 5.56. The summed E-state index contributed by atoms with van der Waals surface area (Å²) in [4.78, 5) is 14.7. The standard InChI is InChI=1S/C18H29NO2/c20-17(21-6-5-19-3-1-2-4-19)13-18-10-14-7-15(11-18)9-16(8-14)12-18/h14-16H,1-13H2. The molecule has 0 aromatic rings. The van der Waals surface area contributed by atoms with E-state index in [9.17, 15) is 4.79 Å². The van der Waals surface area contributed by atoms with Crippen molar-refractivity contribution in [2.45, 2.75) is 57.8 Å². The number of rotatable bonds is 5. The molecule has 4 saturated carbocycles. The maximum Gasteiger partial charge on any atom is 0.306 e. The molecule has 0 aromatic carbocycles. The van der Waals surface area contributed by atoms with E-state index in [0.29, 0.717) is 18.4 Å². The van der Waals surface area contributed by atoms with Crippen molar-refractivity contribution < 1.29 is 9.53 Å². The molecule has 118 valence electrons. The zero-order valence-corrected chi connectivity index (χ0v) is 13.2. The van der Waals surface area contributed by atoms with Gasteiger partial charge in [0.05, 0.1) is 6.42 Å². The van der Waals surface area contributed by atoms with Crippen LogP contribution in [0.4, 0.5) is 0 Å². The molecule has 1 aliphatic heterocycles. The van der Waals surface area contributed by atoms with E-state index in [-0.39, 0.29) is 5.97 Å². The van der Waals surface area contributed by atoms with Crippen LogP contribution in [0.3, 0.4) is 0 Å². The number of ether oxygens (including phenoxy) is 1. The van der Waals surface area contributed by atoms with Crippen molar-refractivity contribution in [3.05, 3.63) is 0 Å². The molecule has 0 N–H and O–H groups in total. The van der Waals surface area contributed by atoms with Crippen molar-refractivity contribution in [3.63, 3.8) is 0 Å². The van der Waals surface area contributed by atoms with Gasteiger partial charge in [-0.15, -0.1) is 0 Å². The van der Waals surface area contributed by atoms with Crippen molar-refractivity contribution in [1.82, 2.24) is 4.90 Å². The summed E-state index contributed by atoms with van der Waals surface area (Å²) in [6.07, 6.45) is 11.6. The quantitative estimate of drug-likeness (QED) is 0.728. The second-order valence-corrected chi connectivity index (χ2v) is 8.36. The van der Waals surface area contributed by atoms with E-state index in [1.165, 1.54) is 64.5 Å². The summed E-state index contributed by atoms with van der Waals surface area (Å²) in [7, 11) is 0. The summed E-state index contributed by atoms with van der Waals surface area (Å²) in [5.74, 6) is 2.85. The van der Waals surface area contributed by atoms with E-state index in [2.05, 4.69) is 4.90 Å². The zero-order chi connectivity index (χ0) is 14.3. The Bertz CT molecular complexity index is 365. The molecule has 5 aliphatic rings. The van der Waals surface area contributed by atoms with Crippen LogP contribution in [0, 0.1) is 23.2 Å². The van der Waals surface area contributed by atoms with Gasteiger partial charge in [0.25, 0.3) is 0 Å². The van der Waals surface area contributed by atoms with Gasteiger partial charge in [-0.2, -0.15) is 0 Å². The van der Waals surface area contributed by atoms with E-state index in [1.54, 1.807) is 0 Å². The monoisotopic (exact) mass is 291 g/mol. The van der Waals surface area contributed by atoms with Crippen LogP contribution in [-0.2, 0) is 9.53 Å². The summed E-state index contributed by atoms with van der Waals surface area (Å²) in [5.41, 5.74) is 0.333. The highest BCUT2D eigenvalue weighted by Gasteiger charge is 2.51. The topological polar surface area (TPSA) is 29.5 Å². The molecule has 5 fully saturated rings. The summed E-state index contributed by atoms with van der Waals surface area (Å²) >= 11 is 0. The highest BCUT2D eigenvalue weighted by atomic mass is 16.5. The third-order valence-corrected chi connectivity index (χ3v) is 6.55. The number of hydrogen-bond donors (Lipinski definition) is 0. The lowest BCUT2D eigenvalue weighted by Gasteiger charge is -2.56. The Kier molecular flexibility index (Phi) is 3.72. The summed E-state index contributed by atoms with van der Waals surface area (Å²) in [6, 6.07) is 0. The van der Waals surface area contributed by atoms with Crippen LogP contribution in [0.5, 0.6) is 0 Å². The Labute approximate surface area is 128 Å². The number of esters is 1. The Morgan fingerprint density at radius 3 is 2.14 bits per heavy atom. The Morgan fingerprint density at radius 1 is 1.00 bits per heavy atom. The molecule has 5 rings (SSSR count). The predicted octanol–water partition coefficient (Wildman–Crippen LogP) is 3.23. The Balaban J connectivity index is 1.26. The predicted molar refractivity (Wildman–Crippen MR) is 81.9 cm³/mol. The Hall–Kier alpha value is -0.570. The minimum atomic E-state index is 0.0798. The van der Waals surface area contributed by atoms with Crippen LogP contribution in [0.25, 0.3) is 0 Å². The summed E-state index contributed by atoms with van der Waals surface area (Å²) in [6.45, 7) is 3.91. The van der Waals surface area contributed by atoms with Gasteiger partial charge < -0.3 is 4.74 Å². The lowest BCUT2D eigenvalue weighted by Crippen LogP contribution is -2.47. The largest absolute Gasteiger partial charge is 0.464 e. The van der Waals surface area contributed by atoms with Crippen LogP contribution in [0.15, 0.2) is 0 Å². The first-order chi connectivity index (χ1) is 10.2. The van der Waals surface area contributed by atoms with Crippen molar-refractivity contribution in [1.29, 1.82) is 0 Å². The molecule has 3 nitrogen and oxygen atoms in total. The average Bonchev–Trinajstić information content (AvgIpc) is 2.89. The molecular formula is C18H29NO2. The van der Waals surface area contributed by atoms with E-state index >= 15 is 0 Å². The lowest BCUT2D eigenvalue weighted by molar-refractivity contribution is -0.152. The van der Waals surface area contributed by atoms with Gasteiger partial charge in [0.15, 0.2) is 0 Å². The fraction of sp³-hybridized carbons (Fsp3) is 0.944. The lowest BCUT2D eigenvalue weighted by atomic mass is 9.49. The number of hydrogen-bond acceptors (Lipinski definition) is 3. The van der Waals surface area contributed by atoms with Gasteiger partial charge in [-0.1, -0.05) is 0 Å². The molecule has 0 amide bonds. The van der Waals surface area contributed by atoms with Crippen LogP contribution < -0.4 is 0 Å². The van der Waals surface area contributed by atoms with Gasteiger partial charge >= 0.3 is 5.97 Å². The van der Waals surface area contributed by atoms with Gasteiger partial charge in [0, 0.05) is 6.54 Å². The van der Waals surface area contributed by atoms with Crippen molar-refractivity contribution in [3.8, 4) is 0 Å². The normalized spacial score (nSPS) is 41.6. The van der Waals surface area contributed by atoms with Gasteiger partial charge in [-0.25, -0.2) is 0 Å². The molecule has 1 heterocycles. The molecule has 0 spiro atoms. The Morgan fingerprint density at radius 2 is 1.57 bits per heavy atom. The third kappa shape index (κ3) is 2.99. The van der Waals surface area contributed by atoms with E-state index in [4.69, 9.17) is 4.74 Å². The van der Waals surface area contributed by atoms with E-state index < -0.39 is 0 Å². The van der Waals surface area contributed by atoms with Gasteiger partial charge in [-0.3, -0.25) is 9.69 Å². The van der Waals surface area contributed by atoms with Gasteiger partial charge in [-0.05, 0) is 87.6 Å². The van der Waals surface area contributed by atoms with Crippen LogP contribution >= 0.6 is 0 Å². The third-order valence-electron chi connectivity index (χ3n) is 6.55. The fourth-order valence-corrected chi connectivity index (χ4v) is 6.16. The molecule has 4 bridgehead atoms. The van der Waals surface area contributed by atoms with Crippen LogP contribution in [0.1, 0.15) is 57.8 Å². The fourth-order valence-electron chi connectivity index (χ4n) is 6.16. The molecular weight excluding hydrogens is 262 g/mol. The van der Waals surface area contributed by atoms with Crippen molar-refractivity contribution in [2.24, 2.45) is 23.2 Å². The van der Waals surface area contributed by atoms with Crippen molar-refractivity contribution in [2.75, 3.05) is 26.2 Å². The smallest absolute Gasteiger partial charge is 0.306 e. The molecule has 1 saturated heterocycles. The first-order valence-corrected chi connectivity index (χ1v) is 9.09. The van der Waals surface area contributed by atoms with E-state index in [1.807, 2.05) is 0 Å². The molecule has 3 heteroatoms. The maximum atomic E-state index is 12.3. The second-order valence-electron chi connectivity index (χ2n) is 8.36.